The maximum Gasteiger partial charge on any atom is 0.196 e. The van der Waals surface area contributed by atoms with E-state index in [0.29, 0.717) is 17.0 Å². The third-order valence-corrected chi connectivity index (χ3v) is 3.54. The molecule has 2 atom stereocenters. The van der Waals surface area contributed by atoms with Gasteiger partial charge in [-0.15, -0.1) is 0 Å². The van der Waals surface area contributed by atoms with Crippen LogP contribution in [0, 0.1) is 28.6 Å². The summed E-state index contributed by atoms with van der Waals surface area (Å²) in [4.78, 5) is 17.0. The van der Waals surface area contributed by atoms with Gasteiger partial charge < -0.3 is 4.74 Å². The van der Waals surface area contributed by atoms with Gasteiger partial charge in [0.1, 0.15) is 11.8 Å². The molecule has 0 radical (unpaired) electrons. The summed E-state index contributed by atoms with van der Waals surface area (Å²) in [6.07, 6.45) is 0.703. The standard InChI is InChI=1S/C19H17N3O2/c1-13(2)19(24-17-9-4-3-7-14(17)11-20)18(23)15(12-21)16-8-5-6-10-22-16/h3-10,13,15,19H,1-2H3/t15-,19+/m1/s1. The molecule has 2 aromatic rings. The fourth-order valence-electron chi connectivity index (χ4n) is 2.31. The predicted molar refractivity (Wildman–Crippen MR) is 88.0 cm³/mol. The molecule has 120 valence electrons. The second kappa shape index (κ2) is 7.89. The van der Waals surface area contributed by atoms with Gasteiger partial charge in [0.05, 0.1) is 17.3 Å². The molecule has 1 aromatic heterocycles. The number of hydrogen-bond acceptors (Lipinski definition) is 5. The van der Waals surface area contributed by atoms with Crippen LogP contribution in [-0.4, -0.2) is 16.9 Å². The quantitative estimate of drug-likeness (QED) is 0.815. The number of Topliss-reactive ketones (excluding diaryl/α,β-unsaturated/α-hetero) is 1. The molecule has 1 aromatic carbocycles. The number of aromatic nitrogens is 1. The lowest BCUT2D eigenvalue weighted by molar-refractivity contribution is -0.128. The van der Waals surface area contributed by atoms with Crippen LogP contribution in [0.2, 0.25) is 0 Å². The van der Waals surface area contributed by atoms with Gasteiger partial charge in [0.15, 0.2) is 17.8 Å². The van der Waals surface area contributed by atoms with Crippen molar-refractivity contribution in [3.63, 3.8) is 0 Å². The number of ketones is 1. The van der Waals surface area contributed by atoms with Crippen LogP contribution in [-0.2, 0) is 4.79 Å². The van der Waals surface area contributed by atoms with Crippen molar-refractivity contribution in [2.24, 2.45) is 5.92 Å². The second-order valence-corrected chi connectivity index (χ2v) is 5.61. The van der Waals surface area contributed by atoms with E-state index in [4.69, 9.17) is 10.00 Å². The third kappa shape index (κ3) is 3.77. The average Bonchev–Trinajstić information content (AvgIpc) is 2.61. The van der Waals surface area contributed by atoms with Crippen molar-refractivity contribution >= 4 is 5.78 Å². The van der Waals surface area contributed by atoms with E-state index in [1.54, 1.807) is 48.7 Å². The van der Waals surface area contributed by atoms with Crippen molar-refractivity contribution in [1.82, 2.24) is 4.98 Å². The Bertz CT molecular complexity index is 788. The normalized spacial score (nSPS) is 12.7. The van der Waals surface area contributed by atoms with Crippen LogP contribution in [0.1, 0.15) is 31.0 Å². The molecular formula is C19H17N3O2. The van der Waals surface area contributed by atoms with Gasteiger partial charge in [-0.2, -0.15) is 10.5 Å². The van der Waals surface area contributed by atoms with E-state index < -0.39 is 12.0 Å². The summed E-state index contributed by atoms with van der Waals surface area (Å²) in [6.45, 7) is 3.68. The number of para-hydroxylation sites is 1. The zero-order valence-corrected chi connectivity index (χ0v) is 13.5. The van der Waals surface area contributed by atoms with Crippen molar-refractivity contribution in [3.05, 3.63) is 59.9 Å². The average molecular weight is 319 g/mol. The lowest BCUT2D eigenvalue weighted by Gasteiger charge is -2.23. The summed E-state index contributed by atoms with van der Waals surface area (Å²) in [6, 6.07) is 15.9. The van der Waals surface area contributed by atoms with E-state index in [9.17, 15) is 10.1 Å². The van der Waals surface area contributed by atoms with Gasteiger partial charge in [-0.3, -0.25) is 9.78 Å². The van der Waals surface area contributed by atoms with Gasteiger partial charge in [0.2, 0.25) is 0 Å². The largest absolute Gasteiger partial charge is 0.481 e. The number of benzene rings is 1. The highest BCUT2D eigenvalue weighted by Crippen LogP contribution is 2.25. The van der Waals surface area contributed by atoms with Crippen molar-refractivity contribution < 1.29 is 9.53 Å². The Kier molecular flexibility index (Phi) is 5.65. The molecule has 0 bridgehead atoms. The van der Waals surface area contributed by atoms with Gasteiger partial charge in [0, 0.05) is 6.20 Å². The molecule has 0 aliphatic rings. The summed E-state index contributed by atoms with van der Waals surface area (Å²) in [5, 5.41) is 18.6. The molecule has 5 heteroatoms. The summed E-state index contributed by atoms with van der Waals surface area (Å²) < 4.78 is 5.81. The number of carbonyl (C=O) groups excluding carboxylic acids is 1. The summed E-state index contributed by atoms with van der Waals surface area (Å²) in [5.41, 5.74) is 0.745. The lowest BCUT2D eigenvalue weighted by Crippen LogP contribution is -2.36. The first kappa shape index (κ1) is 17.2. The fraction of sp³-hybridized carbons (Fsp3) is 0.263. The smallest absolute Gasteiger partial charge is 0.196 e. The molecule has 2 rings (SSSR count). The summed E-state index contributed by atoms with van der Waals surface area (Å²) in [5.74, 6) is -1.19. The minimum atomic E-state index is -1.01. The van der Waals surface area contributed by atoms with E-state index in [0.717, 1.165) is 0 Å². The Balaban J connectivity index is 2.32. The first-order chi connectivity index (χ1) is 11.6. The number of rotatable bonds is 6. The third-order valence-electron chi connectivity index (χ3n) is 3.54. The predicted octanol–water partition coefficient (Wildman–Crippen LogP) is 3.23. The van der Waals surface area contributed by atoms with Crippen molar-refractivity contribution in [2.45, 2.75) is 25.9 Å². The molecule has 0 aliphatic heterocycles. The zero-order valence-electron chi connectivity index (χ0n) is 13.5. The van der Waals surface area contributed by atoms with Crippen molar-refractivity contribution in [3.8, 4) is 17.9 Å². The Hall–Kier alpha value is -3.18. The number of nitriles is 2. The van der Waals surface area contributed by atoms with E-state index in [-0.39, 0.29) is 11.7 Å². The van der Waals surface area contributed by atoms with Crippen LogP contribution in [0.5, 0.6) is 5.75 Å². The molecular weight excluding hydrogens is 302 g/mol. The maximum atomic E-state index is 12.8. The highest BCUT2D eigenvalue weighted by atomic mass is 16.5. The summed E-state index contributed by atoms with van der Waals surface area (Å²) in [7, 11) is 0. The van der Waals surface area contributed by atoms with Crippen LogP contribution in [0.4, 0.5) is 0 Å². The van der Waals surface area contributed by atoms with Crippen LogP contribution >= 0.6 is 0 Å². The number of carbonyl (C=O) groups is 1. The zero-order chi connectivity index (χ0) is 17.5. The number of nitrogens with zero attached hydrogens (tertiary/aromatic N) is 3. The van der Waals surface area contributed by atoms with Gasteiger partial charge in [-0.1, -0.05) is 32.0 Å². The van der Waals surface area contributed by atoms with Gasteiger partial charge in [0.25, 0.3) is 0 Å². The minimum Gasteiger partial charge on any atom is -0.481 e. The Morgan fingerprint density at radius 3 is 2.42 bits per heavy atom. The molecule has 1 heterocycles. The minimum absolute atomic E-state index is 0.163. The molecule has 24 heavy (non-hydrogen) atoms. The maximum absolute atomic E-state index is 12.8. The number of hydrogen-bond donors (Lipinski definition) is 0. The van der Waals surface area contributed by atoms with Gasteiger partial charge >= 0.3 is 0 Å². The second-order valence-electron chi connectivity index (χ2n) is 5.61. The van der Waals surface area contributed by atoms with Crippen LogP contribution in [0.15, 0.2) is 48.7 Å². The molecule has 5 nitrogen and oxygen atoms in total. The molecule has 0 fully saturated rings. The Morgan fingerprint density at radius 1 is 1.12 bits per heavy atom. The van der Waals surface area contributed by atoms with Crippen LogP contribution < -0.4 is 4.74 Å². The lowest BCUT2D eigenvalue weighted by atomic mass is 9.91. The number of ether oxygens (including phenoxy) is 1. The van der Waals surface area contributed by atoms with E-state index in [1.807, 2.05) is 26.0 Å². The van der Waals surface area contributed by atoms with E-state index in [1.165, 1.54) is 0 Å². The molecule has 0 N–H and O–H groups in total. The molecule has 0 aliphatic carbocycles. The van der Waals surface area contributed by atoms with Crippen molar-refractivity contribution in [1.29, 1.82) is 10.5 Å². The van der Waals surface area contributed by atoms with Crippen molar-refractivity contribution in [2.75, 3.05) is 0 Å². The molecule has 0 saturated heterocycles. The first-order valence-corrected chi connectivity index (χ1v) is 7.58. The molecule has 0 amide bonds. The molecule has 0 saturated carbocycles. The van der Waals surface area contributed by atoms with E-state index in [2.05, 4.69) is 4.98 Å². The highest BCUT2D eigenvalue weighted by molar-refractivity contribution is 5.92. The Morgan fingerprint density at radius 2 is 1.83 bits per heavy atom. The van der Waals surface area contributed by atoms with E-state index >= 15 is 0 Å². The SMILES string of the molecule is CC(C)[C@H](Oc1ccccc1C#N)C(=O)[C@H](C#N)c1ccccn1. The Labute approximate surface area is 141 Å². The van der Waals surface area contributed by atoms with Crippen LogP contribution in [0.25, 0.3) is 0 Å². The monoisotopic (exact) mass is 319 g/mol. The highest BCUT2D eigenvalue weighted by Gasteiger charge is 2.33. The number of pyridine rings is 1. The van der Waals surface area contributed by atoms with Gasteiger partial charge in [-0.25, -0.2) is 0 Å². The molecule has 0 unspecified atom stereocenters. The fourth-order valence-corrected chi connectivity index (χ4v) is 2.31. The summed E-state index contributed by atoms with van der Waals surface area (Å²) >= 11 is 0. The molecule has 0 spiro atoms. The van der Waals surface area contributed by atoms with Gasteiger partial charge in [-0.05, 0) is 30.2 Å². The first-order valence-electron chi connectivity index (χ1n) is 7.58. The van der Waals surface area contributed by atoms with Crippen LogP contribution in [0.3, 0.4) is 0 Å². The topological polar surface area (TPSA) is 86.8 Å².